The molecule has 0 saturated heterocycles. The number of sulfonamides is 1. The average molecular weight is 234 g/mol. The lowest BCUT2D eigenvalue weighted by Gasteiger charge is -2.03. The fraction of sp³-hybridized carbons (Fsp3) is 0.286. The molecule has 78 valence electrons. The third-order valence-electron chi connectivity index (χ3n) is 1.60. The van der Waals surface area contributed by atoms with Gasteiger partial charge >= 0.3 is 0 Å². The van der Waals surface area contributed by atoms with E-state index in [2.05, 4.69) is 12.6 Å². The zero-order valence-corrected chi connectivity index (χ0v) is 8.96. The zero-order valence-electron chi connectivity index (χ0n) is 7.25. The minimum atomic E-state index is -3.53. The van der Waals surface area contributed by atoms with Gasteiger partial charge < -0.3 is 4.57 Å². The minimum Gasteiger partial charge on any atom is -0.314 e. The van der Waals surface area contributed by atoms with Gasteiger partial charge in [0.05, 0.1) is 5.75 Å². The topological polar surface area (TPSA) is 82.2 Å². The van der Waals surface area contributed by atoms with Crippen molar-refractivity contribution in [1.29, 1.82) is 0 Å². The number of hydrogen-bond donors (Lipinski definition) is 2. The number of nitrogens with zero attached hydrogens (tertiary/aromatic N) is 1. The van der Waals surface area contributed by atoms with Crippen LogP contribution in [-0.2, 0) is 16.6 Å². The predicted octanol–water partition coefficient (Wildman–Crippen LogP) is -0.574. The first-order valence-electron chi connectivity index (χ1n) is 3.78. The zero-order chi connectivity index (χ0) is 10.8. The Bertz CT molecular complexity index is 478. The second kappa shape index (κ2) is 4.16. The Morgan fingerprint density at radius 3 is 2.64 bits per heavy atom. The molecule has 0 aliphatic carbocycles. The third kappa shape index (κ3) is 3.52. The summed E-state index contributed by atoms with van der Waals surface area (Å²) in [6.45, 7) is 0.0612. The number of rotatable bonds is 3. The Labute approximate surface area is 87.0 Å². The molecule has 0 amide bonds. The molecule has 1 heterocycles. The quantitative estimate of drug-likeness (QED) is 0.687. The molecule has 0 unspecified atom stereocenters. The van der Waals surface area contributed by atoms with Crippen molar-refractivity contribution in [2.45, 2.75) is 11.4 Å². The van der Waals surface area contributed by atoms with Crippen LogP contribution in [0, 0.1) is 0 Å². The lowest BCUT2D eigenvalue weighted by Crippen LogP contribution is -2.26. The van der Waals surface area contributed by atoms with Crippen LogP contribution in [0.3, 0.4) is 0 Å². The van der Waals surface area contributed by atoms with Gasteiger partial charge in [0.15, 0.2) is 0 Å². The monoisotopic (exact) mass is 234 g/mol. The third-order valence-corrected chi connectivity index (χ3v) is 2.63. The van der Waals surface area contributed by atoms with Crippen molar-refractivity contribution in [1.82, 2.24) is 4.57 Å². The number of nitrogens with two attached hydrogens (primary N) is 1. The van der Waals surface area contributed by atoms with Gasteiger partial charge in [0.25, 0.3) is 5.56 Å². The largest absolute Gasteiger partial charge is 0.314 e. The maximum absolute atomic E-state index is 11.2. The Morgan fingerprint density at radius 1 is 1.50 bits per heavy atom. The van der Waals surface area contributed by atoms with Crippen LogP contribution >= 0.6 is 12.6 Å². The maximum Gasteiger partial charge on any atom is 0.251 e. The molecule has 7 heteroatoms. The van der Waals surface area contributed by atoms with Gasteiger partial charge in [-0.05, 0) is 6.07 Å². The fourth-order valence-electron chi connectivity index (χ4n) is 0.908. The van der Waals surface area contributed by atoms with Crippen LogP contribution in [0.1, 0.15) is 0 Å². The minimum absolute atomic E-state index is 0.0612. The summed E-state index contributed by atoms with van der Waals surface area (Å²) >= 11 is 3.97. The highest BCUT2D eigenvalue weighted by Gasteiger charge is 2.03. The van der Waals surface area contributed by atoms with Crippen LogP contribution in [0.5, 0.6) is 0 Å². The van der Waals surface area contributed by atoms with Crippen molar-refractivity contribution in [2.75, 3.05) is 5.75 Å². The van der Waals surface area contributed by atoms with Gasteiger partial charge in [0.1, 0.15) is 0 Å². The van der Waals surface area contributed by atoms with Crippen LogP contribution in [0.15, 0.2) is 28.0 Å². The molecular weight excluding hydrogens is 224 g/mol. The van der Waals surface area contributed by atoms with Gasteiger partial charge in [-0.15, -0.1) is 12.6 Å². The lowest BCUT2D eigenvalue weighted by molar-refractivity contribution is 0.588. The van der Waals surface area contributed by atoms with Gasteiger partial charge in [0, 0.05) is 23.7 Å². The molecule has 0 fully saturated rings. The average Bonchev–Trinajstić information content (AvgIpc) is 2.00. The van der Waals surface area contributed by atoms with Crippen LogP contribution in [0.4, 0.5) is 0 Å². The van der Waals surface area contributed by atoms with Crippen molar-refractivity contribution in [3.8, 4) is 0 Å². The summed E-state index contributed by atoms with van der Waals surface area (Å²) in [4.78, 5) is 11.8. The number of primary sulfonamides is 1. The first-order chi connectivity index (χ1) is 6.38. The molecule has 0 aliphatic heterocycles. The van der Waals surface area contributed by atoms with Crippen molar-refractivity contribution in [3.05, 3.63) is 28.7 Å². The molecule has 0 atom stereocenters. The SMILES string of the molecule is NS(=O)(=O)CCn1ccc(S)cc1=O. The van der Waals surface area contributed by atoms with Gasteiger partial charge in [-0.1, -0.05) is 0 Å². The summed E-state index contributed by atoms with van der Waals surface area (Å²) in [6.07, 6.45) is 1.48. The molecule has 1 rings (SSSR count). The molecule has 0 saturated carbocycles. The van der Waals surface area contributed by atoms with E-state index in [-0.39, 0.29) is 17.9 Å². The molecule has 1 aromatic rings. The van der Waals surface area contributed by atoms with E-state index in [9.17, 15) is 13.2 Å². The number of aryl methyl sites for hydroxylation is 1. The molecule has 0 bridgehead atoms. The van der Waals surface area contributed by atoms with Crippen LogP contribution in [-0.4, -0.2) is 18.7 Å². The van der Waals surface area contributed by atoms with E-state index in [4.69, 9.17) is 5.14 Å². The van der Waals surface area contributed by atoms with E-state index >= 15 is 0 Å². The van der Waals surface area contributed by atoms with E-state index in [1.54, 1.807) is 6.07 Å². The van der Waals surface area contributed by atoms with Gasteiger partial charge in [-0.25, -0.2) is 13.6 Å². The fourth-order valence-corrected chi connectivity index (χ4v) is 1.54. The molecule has 14 heavy (non-hydrogen) atoms. The van der Waals surface area contributed by atoms with Crippen LogP contribution in [0.25, 0.3) is 0 Å². The van der Waals surface area contributed by atoms with Crippen LogP contribution < -0.4 is 10.7 Å². The van der Waals surface area contributed by atoms with E-state index in [0.717, 1.165) is 0 Å². The highest BCUT2D eigenvalue weighted by Crippen LogP contribution is 1.99. The molecule has 0 aromatic carbocycles. The standard InChI is InChI=1S/C7H10N2O3S2/c8-14(11,12)4-3-9-2-1-6(13)5-7(9)10/h1-2,5,13H,3-4H2,(H2,8,11,12). The number of aromatic nitrogens is 1. The van der Waals surface area contributed by atoms with Crippen molar-refractivity contribution in [3.63, 3.8) is 0 Å². The molecule has 5 nitrogen and oxygen atoms in total. The molecule has 0 aliphatic rings. The van der Waals surface area contributed by atoms with Gasteiger partial charge in [-0.2, -0.15) is 0 Å². The summed E-state index contributed by atoms with van der Waals surface area (Å²) in [7, 11) is -3.53. The Balaban J connectivity index is 2.84. The normalized spacial score (nSPS) is 11.6. The van der Waals surface area contributed by atoms with Gasteiger partial charge in [0.2, 0.25) is 10.0 Å². The van der Waals surface area contributed by atoms with Gasteiger partial charge in [-0.3, -0.25) is 4.79 Å². The summed E-state index contributed by atoms with van der Waals surface area (Å²) < 4.78 is 22.5. The highest BCUT2D eigenvalue weighted by molar-refractivity contribution is 7.89. The first-order valence-corrected chi connectivity index (χ1v) is 5.95. The van der Waals surface area contributed by atoms with Crippen LogP contribution in [0.2, 0.25) is 0 Å². The van der Waals surface area contributed by atoms with E-state index in [0.29, 0.717) is 4.90 Å². The summed E-state index contributed by atoms with van der Waals surface area (Å²) in [5.41, 5.74) is -0.291. The molecule has 2 N–H and O–H groups in total. The molecule has 1 aromatic heterocycles. The second-order valence-corrected chi connectivity index (χ2v) is 5.03. The van der Waals surface area contributed by atoms with Crippen molar-refractivity contribution in [2.24, 2.45) is 5.14 Å². The summed E-state index contributed by atoms with van der Waals surface area (Å²) in [5, 5.41) is 4.81. The Kier molecular flexibility index (Phi) is 3.35. The predicted molar refractivity (Wildman–Crippen MR) is 55.9 cm³/mol. The first kappa shape index (κ1) is 11.3. The molecule has 0 radical (unpaired) electrons. The summed E-state index contributed by atoms with van der Waals surface area (Å²) in [5.74, 6) is -0.251. The number of hydrogen-bond acceptors (Lipinski definition) is 4. The maximum atomic E-state index is 11.2. The van der Waals surface area contributed by atoms with Crippen molar-refractivity contribution < 1.29 is 8.42 Å². The number of pyridine rings is 1. The molecule has 0 spiro atoms. The van der Waals surface area contributed by atoms with Crippen molar-refractivity contribution >= 4 is 22.7 Å². The van der Waals surface area contributed by atoms with E-state index in [1.165, 1.54) is 16.8 Å². The summed E-state index contributed by atoms with van der Waals surface area (Å²) in [6, 6.07) is 2.92. The smallest absolute Gasteiger partial charge is 0.251 e. The molecular formula is C7H10N2O3S2. The van der Waals surface area contributed by atoms with E-state index < -0.39 is 10.0 Å². The Morgan fingerprint density at radius 2 is 2.14 bits per heavy atom. The number of thiol groups is 1. The lowest BCUT2D eigenvalue weighted by atomic mass is 10.4. The highest BCUT2D eigenvalue weighted by atomic mass is 32.2. The van der Waals surface area contributed by atoms with E-state index in [1.807, 2.05) is 0 Å². The second-order valence-electron chi connectivity index (χ2n) is 2.78. The Hall–Kier alpha value is -0.790.